The lowest BCUT2D eigenvalue weighted by atomic mass is 9.81. The molecule has 0 amide bonds. The Morgan fingerprint density at radius 1 is 0.800 bits per heavy atom. The van der Waals surface area contributed by atoms with Crippen molar-refractivity contribution in [3.05, 3.63) is 12.0 Å². The van der Waals surface area contributed by atoms with Crippen LogP contribution in [0.4, 0.5) is 0 Å². The Labute approximate surface area is 97.4 Å². The van der Waals surface area contributed by atoms with Crippen molar-refractivity contribution in [2.24, 2.45) is 0 Å². The lowest BCUT2D eigenvalue weighted by Crippen LogP contribution is -2.38. The van der Waals surface area contributed by atoms with E-state index in [2.05, 4.69) is 49.3 Å². The fourth-order valence-corrected chi connectivity index (χ4v) is 4.13. The number of hydrogen-bond acceptors (Lipinski definition) is 2. The molecule has 84 valence electrons. The zero-order valence-corrected chi connectivity index (χ0v) is 11.5. The van der Waals surface area contributed by atoms with Crippen LogP contribution in [0.5, 0.6) is 0 Å². The summed E-state index contributed by atoms with van der Waals surface area (Å²) in [7, 11) is 1.02. The van der Waals surface area contributed by atoms with Gasteiger partial charge in [0.1, 0.15) is 0 Å². The molecule has 0 aliphatic carbocycles. The Morgan fingerprint density at radius 3 is 1.40 bits per heavy atom. The van der Waals surface area contributed by atoms with Gasteiger partial charge in [-0.05, 0) is 26.2 Å². The fourth-order valence-electron chi connectivity index (χ4n) is 2.18. The zero-order chi connectivity index (χ0) is 11.3. The van der Waals surface area contributed by atoms with Crippen LogP contribution >= 0.6 is 8.34 Å². The standard InChI is InChI=1S/C10H23B2N2P/c1-5-13(6-2)11-9-10-12(15-11)14(7-3)8-4/h9-10,15H,5-8H2,1-4H3. The Hall–Kier alpha value is 0.220. The van der Waals surface area contributed by atoms with Crippen LogP contribution in [-0.4, -0.2) is 48.9 Å². The van der Waals surface area contributed by atoms with Crippen LogP contribution in [0.1, 0.15) is 27.7 Å². The van der Waals surface area contributed by atoms with Crippen molar-refractivity contribution in [2.75, 3.05) is 26.2 Å². The average Bonchev–Trinajstić information content (AvgIpc) is 2.71. The quantitative estimate of drug-likeness (QED) is 0.502. The van der Waals surface area contributed by atoms with Crippen molar-refractivity contribution >= 4 is 21.5 Å². The topological polar surface area (TPSA) is 6.48 Å². The lowest BCUT2D eigenvalue weighted by molar-refractivity contribution is 0.493. The highest BCUT2D eigenvalue weighted by Crippen LogP contribution is 2.31. The van der Waals surface area contributed by atoms with Crippen molar-refractivity contribution in [1.82, 2.24) is 9.62 Å². The van der Waals surface area contributed by atoms with E-state index in [-0.39, 0.29) is 0 Å². The first-order chi connectivity index (χ1) is 7.26. The van der Waals surface area contributed by atoms with E-state index in [1.54, 1.807) is 0 Å². The molecular weight excluding hydrogens is 201 g/mol. The Bertz CT molecular complexity index is 186. The van der Waals surface area contributed by atoms with Gasteiger partial charge in [0.15, 0.2) is 0 Å². The second kappa shape index (κ2) is 6.73. The molecule has 0 saturated heterocycles. The molecule has 0 unspecified atom stereocenters. The van der Waals surface area contributed by atoms with E-state index in [1.807, 2.05) is 0 Å². The van der Waals surface area contributed by atoms with Crippen molar-refractivity contribution in [3.63, 3.8) is 0 Å². The van der Waals surface area contributed by atoms with Crippen molar-refractivity contribution in [1.29, 1.82) is 0 Å². The van der Waals surface area contributed by atoms with Gasteiger partial charge in [0, 0.05) is 0 Å². The molecule has 0 spiro atoms. The molecule has 2 nitrogen and oxygen atoms in total. The second-order valence-electron chi connectivity index (χ2n) is 3.88. The van der Waals surface area contributed by atoms with Crippen LogP contribution in [0, 0.1) is 0 Å². The van der Waals surface area contributed by atoms with E-state index >= 15 is 0 Å². The Kier molecular flexibility index (Phi) is 5.96. The molecule has 1 aliphatic heterocycles. The largest absolute Gasteiger partial charge is 0.336 e. The summed E-state index contributed by atoms with van der Waals surface area (Å²) < 4.78 is 0. The Balaban J connectivity index is 2.48. The summed E-state index contributed by atoms with van der Waals surface area (Å²) in [6, 6.07) is 0. The van der Waals surface area contributed by atoms with Gasteiger partial charge in [-0.2, -0.15) is 0 Å². The molecule has 1 rings (SSSR count). The van der Waals surface area contributed by atoms with Gasteiger partial charge in [0.2, 0.25) is 0 Å². The molecule has 0 atom stereocenters. The summed E-state index contributed by atoms with van der Waals surface area (Å²) in [6.45, 7) is 15.1. The molecule has 15 heavy (non-hydrogen) atoms. The molecule has 5 heteroatoms. The van der Waals surface area contributed by atoms with E-state index in [1.165, 1.54) is 26.2 Å². The van der Waals surface area contributed by atoms with Gasteiger partial charge in [-0.25, -0.2) is 0 Å². The molecule has 0 aromatic heterocycles. The van der Waals surface area contributed by atoms with Crippen molar-refractivity contribution in [2.45, 2.75) is 27.7 Å². The maximum atomic E-state index is 2.55. The van der Waals surface area contributed by atoms with Crippen LogP contribution < -0.4 is 0 Å². The van der Waals surface area contributed by atoms with E-state index < -0.39 is 0 Å². The molecule has 0 aromatic rings. The first kappa shape index (κ1) is 13.3. The first-order valence-corrected chi connectivity index (χ1v) is 7.34. The minimum atomic E-state index is 0.700. The van der Waals surface area contributed by atoms with Gasteiger partial charge in [0.05, 0.1) is 0 Å². The van der Waals surface area contributed by atoms with E-state index in [0.29, 0.717) is 13.1 Å². The minimum Gasteiger partial charge on any atom is -0.336 e. The second-order valence-corrected chi connectivity index (χ2v) is 5.40. The summed E-state index contributed by atoms with van der Waals surface area (Å²) in [5.74, 6) is 4.82. The van der Waals surface area contributed by atoms with E-state index in [0.717, 1.165) is 8.34 Å². The van der Waals surface area contributed by atoms with Crippen LogP contribution in [0.2, 0.25) is 0 Å². The number of rotatable bonds is 6. The molecule has 1 heterocycles. The average molecular weight is 224 g/mol. The van der Waals surface area contributed by atoms with Crippen LogP contribution in [0.25, 0.3) is 0 Å². The predicted octanol–water partition coefficient (Wildman–Crippen LogP) is 1.97. The van der Waals surface area contributed by atoms with E-state index in [9.17, 15) is 0 Å². The summed E-state index contributed by atoms with van der Waals surface area (Å²) in [5, 5.41) is 0. The van der Waals surface area contributed by atoms with Gasteiger partial charge >= 0.3 is 0 Å². The molecule has 1 aliphatic rings. The van der Waals surface area contributed by atoms with Gasteiger partial charge in [-0.3, -0.25) is 0 Å². The molecule has 0 N–H and O–H groups in total. The van der Waals surface area contributed by atoms with Gasteiger partial charge in [-0.1, -0.05) is 27.7 Å². The zero-order valence-electron chi connectivity index (χ0n) is 10.5. The SMILES string of the molecule is CCN(CC)B1C=CB(N(CC)CC)P1. The summed E-state index contributed by atoms with van der Waals surface area (Å²) in [6.07, 6.45) is 0. The molecular formula is C10H23B2N2P. The van der Waals surface area contributed by atoms with E-state index in [4.69, 9.17) is 0 Å². The molecule has 0 fully saturated rings. The molecule has 0 bridgehead atoms. The highest BCUT2D eigenvalue weighted by atomic mass is 31.1. The van der Waals surface area contributed by atoms with Crippen LogP contribution in [0.3, 0.4) is 0 Å². The highest BCUT2D eigenvalue weighted by Gasteiger charge is 2.31. The first-order valence-electron chi connectivity index (χ1n) is 6.19. The van der Waals surface area contributed by atoms with Crippen LogP contribution in [-0.2, 0) is 0 Å². The smallest absolute Gasteiger partial charge is 0.268 e. The predicted molar refractivity (Wildman–Crippen MR) is 74.8 cm³/mol. The third-order valence-corrected chi connectivity index (χ3v) is 5.03. The van der Waals surface area contributed by atoms with Crippen molar-refractivity contribution in [3.8, 4) is 0 Å². The maximum Gasteiger partial charge on any atom is 0.268 e. The van der Waals surface area contributed by atoms with Gasteiger partial charge in [-0.15, -0.1) is 20.3 Å². The molecule has 0 saturated carbocycles. The fraction of sp³-hybridized carbons (Fsp3) is 0.800. The molecule has 0 aromatic carbocycles. The normalized spacial score (nSPS) is 16.1. The third-order valence-electron chi connectivity index (χ3n) is 3.23. The summed E-state index contributed by atoms with van der Waals surface area (Å²) >= 11 is 0. The Morgan fingerprint density at radius 2 is 1.13 bits per heavy atom. The minimum absolute atomic E-state index is 0.700. The lowest BCUT2D eigenvalue weighted by Gasteiger charge is -2.26. The highest BCUT2D eigenvalue weighted by molar-refractivity contribution is 8.02. The monoisotopic (exact) mass is 224 g/mol. The molecule has 0 radical (unpaired) electrons. The third kappa shape index (κ3) is 3.34. The van der Waals surface area contributed by atoms with Crippen LogP contribution in [0.15, 0.2) is 12.0 Å². The van der Waals surface area contributed by atoms with Crippen molar-refractivity contribution < 1.29 is 0 Å². The number of nitrogens with zero attached hydrogens (tertiary/aromatic N) is 2. The van der Waals surface area contributed by atoms with Gasteiger partial charge < -0.3 is 9.62 Å². The van der Waals surface area contributed by atoms with Gasteiger partial charge in [0.25, 0.3) is 13.1 Å². The summed E-state index contributed by atoms with van der Waals surface area (Å²) in [5.41, 5.74) is 0. The summed E-state index contributed by atoms with van der Waals surface area (Å²) in [4.78, 5) is 5.11. The number of hydrogen-bond donors (Lipinski definition) is 0. The maximum absolute atomic E-state index is 2.55.